The maximum absolute atomic E-state index is 12.3. The highest BCUT2D eigenvalue weighted by Crippen LogP contribution is 2.22. The molecule has 1 fully saturated rings. The van der Waals surface area contributed by atoms with E-state index in [4.69, 9.17) is 0 Å². The second kappa shape index (κ2) is 9.12. The van der Waals surface area contributed by atoms with Crippen LogP contribution in [-0.4, -0.2) is 29.9 Å². The summed E-state index contributed by atoms with van der Waals surface area (Å²) in [5, 5.41) is 5.91. The molecule has 0 radical (unpaired) electrons. The van der Waals surface area contributed by atoms with Gasteiger partial charge < -0.3 is 15.5 Å². The van der Waals surface area contributed by atoms with E-state index in [9.17, 15) is 9.59 Å². The Labute approximate surface area is 173 Å². The lowest BCUT2D eigenvalue weighted by Crippen LogP contribution is -2.32. The highest BCUT2D eigenvalue weighted by Gasteiger charge is 2.17. The molecule has 154 valence electrons. The van der Waals surface area contributed by atoms with Gasteiger partial charge in [-0.05, 0) is 47.1 Å². The van der Waals surface area contributed by atoms with Gasteiger partial charge in [-0.3, -0.25) is 4.79 Å². The molecule has 5 nitrogen and oxygen atoms in total. The van der Waals surface area contributed by atoms with Crippen LogP contribution in [0.1, 0.15) is 50.3 Å². The fraction of sp³-hybridized carbons (Fsp3) is 0.417. The van der Waals surface area contributed by atoms with Crippen molar-refractivity contribution in [2.45, 2.75) is 52.0 Å². The summed E-state index contributed by atoms with van der Waals surface area (Å²) in [7, 11) is 0. The summed E-state index contributed by atoms with van der Waals surface area (Å²) in [6, 6.07) is 15.8. The molecule has 0 aliphatic carbocycles. The van der Waals surface area contributed by atoms with E-state index in [1.54, 1.807) is 0 Å². The van der Waals surface area contributed by atoms with Crippen molar-refractivity contribution in [2.75, 3.05) is 18.4 Å². The Bertz CT molecular complexity index is 847. The van der Waals surface area contributed by atoms with Crippen molar-refractivity contribution in [1.82, 2.24) is 10.2 Å². The second-order valence-corrected chi connectivity index (χ2v) is 8.73. The molecule has 0 unspecified atom stereocenters. The van der Waals surface area contributed by atoms with Gasteiger partial charge in [-0.15, -0.1) is 0 Å². The fourth-order valence-electron chi connectivity index (χ4n) is 3.45. The minimum absolute atomic E-state index is 0.0139. The molecule has 2 aromatic carbocycles. The number of nitrogens with one attached hydrogen (secondary N) is 2. The van der Waals surface area contributed by atoms with Gasteiger partial charge in [-0.2, -0.15) is 0 Å². The number of nitrogens with zero attached hydrogens (tertiary/aromatic N) is 1. The van der Waals surface area contributed by atoms with E-state index in [-0.39, 0.29) is 17.4 Å². The Morgan fingerprint density at radius 1 is 0.966 bits per heavy atom. The van der Waals surface area contributed by atoms with Gasteiger partial charge in [0.15, 0.2) is 0 Å². The van der Waals surface area contributed by atoms with Crippen LogP contribution in [0.4, 0.5) is 10.5 Å². The van der Waals surface area contributed by atoms with Gasteiger partial charge >= 0.3 is 6.03 Å². The van der Waals surface area contributed by atoms with Gasteiger partial charge in [0.1, 0.15) is 0 Å². The molecular formula is C24H31N3O2. The summed E-state index contributed by atoms with van der Waals surface area (Å²) in [6.45, 7) is 8.60. The highest BCUT2D eigenvalue weighted by molar-refractivity contribution is 5.89. The maximum atomic E-state index is 12.3. The Kier molecular flexibility index (Phi) is 6.57. The summed E-state index contributed by atoms with van der Waals surface area (Å²) in [4.78, 5) is 26.4. The van der Waals surface area contributed by atoms with Crippen LogP contribution in [0.3, 0.4) is 0 Å². The zero-order valence-electron chi connectivity index (χ0n) is 17.6. The van der Waals surface area contributed by atoms with Gasteiger partial charge in [0.2, 0.25) is 5.91 Å². The number of likely N-dealkylation sites (tertiary alicyclic amines) is 1. The molecule has 3 rings (SSSR count). The number of hydrogen-bond donors (Lipinski definition) is 2. The molecular weight excluding hydrogens is 362 g/mol. The Hall–Kier alpha value is -2.82. The number of hydrogen-bond acceptors (Lipinski definition) is 2. The molecule has 0 atom stereocenters. The van der Waals surface area contributed by atoms with Crippen LogP contribution in [-0.2, 0) is 23.2 Å². The van der Waals surface area contributed by atoms with E-state index in [0.717, 1.165) is 42.7 Å². The number of urea groups is 1. The van der Waals surface area contributed by atoms with Crippen molar-refractivity contribution in [3.63, 3.8) is 0 Å². The van der Waals surface area contributed by atoms with E-state index in [2.05, 4.69) is 43.5 Å². The van der Waals surface area contributed by atoms with Crippen LogP contribution in [0.25, 0.3) is 0 Å². The van der Waals surface area contributed by atoms with Crippen LogP contribution in [0, 0.1) is 0 Å². The summed E-state index contributed by atoms with van der Waals surface area (Å²) < 4.78 is 0. The van der Waals surface area contributed by atoms with Crippen molar-refractivity contribution in [1.29, 1.82) is 0 Å². The maximum Gasteiger partial charge on any atom is 0.321 e. The van der Waals surface area contributed by atoms with E-state index < -0.39 is 0 Å². The standard InChI is InChI=1S/C24H31N3O2/c1-24(2,3)20-11-9-18(10-12-20)16-22(28)25-17-19-7-6-8-21(15-19)26-23(29)27-13-4-5-14-27/h6-12,15H,4-5,13-14,16-17H2,1-3H3,(H,25,28)(H,26,29). The van der Waals surface area contributed by atoms with Gasteiger partial charge in [-0.25, -0.2) is 4.79 Å². The van der Waals surface area contributed by atoms with Crippen molar-refractivity contribution in [3.05, 3.63) is 65.2 Å². The van der Waals surface area contributed by atoms with E-state index in [0.29, 0.717) is 13.0 Å². The molecule has 2 aromatic rings. The third kappa shape index (κ3) is 6.08. The monoisotopic (exact) mass is 393 g/mol. The minimum Gasteiger partial charge on any atom is -0.352 e. The molecule has 0 saturated carbocycles. The minimum atomic E-state index is -0.0533. The largest absolute Gasteiger partial charge is 0.352 e. The first-order valence-corrected chi connectivity index (χ1v) is 10.3. The first-order chi connectivity index (χ1) is 13.8. The van der Waals surface area contributed by atoms with Gasteiger partial charge in [0.25, 0.3) is 0 Å². The fourth-order valence-corrected chi connectivity index (χ4v) is 3.45. The summed E-state index contributed by atoms with van der Waals surface area (Å²) >= 11 is 0. The number of carbonyl (C=O) groups excluding carboxylic acids is 2. The SMILES string of the molecule is CC(C)(C)c1ccc(CC(=O)NCc2cccc(NC(=O)N3CCCC3)c2)cc1. The van der Waals surface area contributed by atoms with Crippen LogP contribution in [0.15, 0.2) is 48.5 Å². The number of benzene rings is 2. The molecule has 0 spiro atoms. The molecule has 1 aliphatic rings. The average Bonchev–Trinajstić information content (AvgIpc) is 3.21. The highest BCUT2D eigenvalue weighted by atomic mass is 16.2. The van der Waals surface area contributed by atoms with E-state index >= 15 is 0 Å². The summed E-state index contributed by atoms with van der Waals surface area (Å²) in [5.41, 5.74) is 4.08. The first kappa shape index (κ1) is 20.9. The molecule has 1 heterocycles. The van der Waals surface area contributed by atoms with E-state index in [1.165, 1.54) is 5.56 Å². The van der Waals surface area contributed by atoms with E-state index in [1.807, 2.05) is 41.3 Å². The number of anilines is 1. The Morgan fingerprint density at radius 3 is 2.31 bits per heavy atom. The smallest absolute Gasteiger partial charge is 0.321 e. The lowest BCUT2D eigenvalue weighted by atomic mass is 9.86. The van der Waals surface area contributed by atoms with Crippen LogP contribution >= 0.6 is 0 Å². The molecule has 5 heteroatoms. The van der Waals surface area contributed by atoms with Gasteiger partial charge in [-0.1, -0.05) is 57.2 Å². The van der Waals surface area contributed by atoms with Crippen LogP contribution in [0.2, 0.25) is 0 Å². The zero-order valence-corrected chi connectivity index (χ0v) is 17.6. The number of carbonyl (C=O) groups is 2. The summed E-state index contributed by atoms with van der Waals surface area (Å²) in [6.07, 6.45) is 2.49. The first-order valence-electron chi connectivity index (χ1n) is 10.3. The second-order valence-electron chi connectivity index (χ2n) is 8.73. The number of amides is 3. The Balaban J connectivity index is 1.50. The average molecular weight is 394 g/mol. The van der Waals surface area contributed by atoms with Crippen molar-refractivity contribution < 1.29 is 9.59 Å². The summed E-state index contributed by atoms with van der Waals surface area (Å²) in [5.74, 6) is -0.0139. The third-order valence-electron chi connectivity index (χ3n) is 5.25. The predicted molar refractivity (Wildman–Crippen MR) is 117 cm³/mol. The van der Waals surface area contributed by atoms with Crippen molar-refractivity contribution in [3.8, 4) is 0 Å². The number of rotatable bonds is 5. The predicted octanol–water partition coefficient (Wildman–Crippen LogP) is 4.47. The zero-order chi connectivity index (χ0) is 20.9. The topological polar surface area (TPSA) is 61.4 Å². The molecule has 3 amide bonds. The van der Waals surface area contributed by atoms with Crippen LogP contribution < -0.4 is 10.6 Å². The van der Waals surface area contributed by atoms with Crippen LogP contribution in [0.5, 0.6) is 0 Å². The molecule has 2 N–H and O–H groups in total. The molecule has 0 aromatic heterocycles. The quantitative estimate of drug-likeness (QED) is 0.787. The van der Waals surface area contributed by atoms with Crippen molar-refractivity contribution in [2.24, 2.45) is 0 Å². The lowest BCUT2D eigenvalue weighted by Gasteiger charge is -2.19. The third-order valence-corrected chi connectivity index (χ3v) is 5.25. The molecule has 29 heavy (non-hydrogen) atoms. The molecule has 1 saturated heterocycles. The molecule has 0 bridgehead atoms. The Morgan fingerprint density at radius 2 is 1.66 bits per heavy atom. The lowest BCUT2D eigenvalue weighted by molar-refractivity contribution is -0.120. The van der Waals surface area contributed by atoms with Gasteiger partial charge in [0, 0.05) is 25.3 Å². The normalized spacial score (nSPS) is 14.0. The molecule has 1 aliphatic heterocycles. The van der Waals surface area contributed by atoms with Crippen molar-refractivity contribution >= 4 is 17.6 Å². The van der Waals surface area contributed by atoms with Gasteiger partial charge in [0.05, 0.1) is 6.42 Å².